The van der Waals surface area contributed by atoms with Crippen LogP contribution in [0.4, 0.5) is 5.82 Å². The molecule has 0 radical (unpaired) electrons. The van der Waals surface area contributed by atoms with E-state index < -0.39 is 0 Å². The summed E-state index contributed by atoms with van der Waals surface area (Å²) in [6.07, 6.45) is 3.05. The Labute approximate surface area is 92.3 Å². The fourth-order valence-electron chi connectivity index (χ4n) is 1.21. The zero-order valence-electron chi connectivity index (χ0n) is 9.88. The Morgan fingerprint density at radius 2 is 2.13 bits per heavy atom. The van der Waals surface area contributed by atoms with Gasteiger partial charge in [-0.1, -0.05) is 26.8 Å². The molecule has 3 nitrogen and oxygen atoms in total. The van der Waals surface area contributed by atoms with Crippen molar-refractivity contribution in [2.45, 2.75) is 39.8 Å². The molecule has 0 spiro atoms. The standard InChI is InChI=1S/C12H21N3/c1-4-7-13-12-6-5-11(9-15-12)8-14-10(2)3/h5-6,9-10,14H,4,7-8H2,1-3H3,(H,13,15). The first-order valence-electron chi connectivity index (χ1n) is 5.64. The van der Waals surface area contributed by atoms with E-state index in [9.17, 15) is 0 Å². The summed E-state index contributed by atoms with van der Waals surface area (Å²) in [5.41, 5.74) is 1.23. The third-order valence-electron chi connectivity index (χ3n) is 2.10. The van der Waals surface area contributed by atoms with E-state index in [1.54, 1.807) is 0 Å². The van der Waals surface area contributed by atoms with Gasteiger partial charge in [-0.05, 0) is 18.1 Å². The Morgan fingerprint density at radius 1 is 1.33 bits per heavy atom. The molecule has 3 heteroatoms. The summed E-state index contributed by atoms with van der Waals surface area (Å²) < 4.78 is 0. The van der Waals surface area contributed by atoms with Gasteiger partial charge in [-0.15, -0.1) is 0 Å². The van der Waals surface area contributed by atoms with Crippen LogP contribution in [0.25, 0.3) is 0 Å². The largest absolute Gasteiger partial charge is 0.370 e. The zero-order chi connectivity index (χ0) is 11.1. The average molecular weight is 207 g/mol. The van der Waals surface area contributed by atoms with Crippen molar-refractivity contribution in [3.8, 4) is 0 Å². The smallest absolute Gasteiger partial charge is 0.125 e. The molecule has 0 saturated heterocycles. The predicted molar refractivity (Wildman–Crippen MR) is 65.0 cm³/mol. The van der Waals surface area contributed by atoms with E-state index in [2.05, 4.69) is 42.5 Å². The fraction of sp³-hybridized carbons (Fsp3) is 0.583. The van der Waals surface area contributed by atoms with Crippen LogP contribution in [0, 0.1) is 0 Å². The average Bonchev–Trinajstić information content (AvgIpc) is 2.25. The van der Waals surface area contributed by atoms with Gasteiger partial charge in [0, 0.05) is 25.3 Å². The Morgan fingerprint density at radius 3 is 2.67 bits per heavy atom. The maximum absolute atomic E-state index is 4.34. The second-order valence-electron chi connectivity index (χ2n) is 4.01. The number of rotatable bonds is 6. The number of nitrogens with zero attached hydrogens (tertiary/aromatic N) is 1. The summed E-state index contributed by atoms with van der Waals surface area (Å²) in [7, 11) is 0. The van der Waals surface area contributed by atoms with Gasteiger partial charge in [0.25, 0.3) is 0 Å². The summed E-state index contributed by atoms with van der Waals surface area (Å²) in [6, 6.07) is 4.66. The number of hydrogen-bond acceptors (Lipinski definition) is 3. The van der Waals surface area contributed by atoms with Gasteiger partial charge in [0.15, 0.2) is 0 Å². The number of anilines is 1. The first kappa shape index (κ1) is 12.0. The highest BCUT2D eigenvalue weighted by molar-refractivity contribution is 5.35. The summed E-state index contributed by atoms with van der Waals surface area (Å²) >= 11 is 0. The lowest BCUT2D eigenvalue weighted by molar-refractivity contribution is 0.588. The molecule has 0 amide bonds. The van der Waals surface area contributed by atoms with Gasteiger partial charge in [-0.25, -0.2) is 4.98 Å². The maximum atomic E-state index is 4.34. The van der Waals surface area contributed by atoms with E-state index in [4.69, 9.17) is 0 Å². The molecular formula is C12H21N3. The van der Waals surface area contributed by atoms with Gasteiger partial charge in [0.2, 0.25) is 0 Å². The van der Waals surface area contributed by atoms with Gasteiger partial charge < -0.3 is 10.6 Å². The van der Waals surface area contributed by atoms with Gasteiger partial charge in [-0.2, -0.15) is 0 Å². The second-order valence-corrected chi connectivity index (χ2v) is 4.01. The highest BCUT2D eigenvalue weighted by Gasteiger charge is 1.96. The molecular weight excluding hydrogens is 186 g/mol. The number of aromatic nitrogens is 1. The van der Waals surface area contributed by atoms with Crippen molar-refractivity contribution in [2.75, 3.05) is 11.9 Å². The first-order valence-corrected chi connectivity index (χ1v) is 5.64. The molecule has 0 bridgehead atoms. The minimum Gasteiger partial charge on any atom is -0.370 e. The molecule has 0 aliphatic heterocycles. The van der Waals surface area contributed by atoms with Crippen molar-refractivity contribution in [1.29, 1.82) is 0 Å². The monoisotopic (exact) mass is 207 g/mol. The molecule has 0 fully saturated rings. The van der Waals surface area contributed by atoms with Crippen LogP contribution >= 0.6 is 0 Å². The molecule has 0 atom stereocenters. The van der Waals surface area contributed by atoms with Crippen molar-refractivity contribution in [1.82, 2.24) is 10.3 Å². The molecule has 1 aromatic heterocycles. The van der Waals surface area contributed by atoms with Gasteiger partial charge in [0.05, 0.1) is 0 Å². The number of hydrogen-bond donors (Lipinski definition) is 2. The Hall–Kier alpha value is -1.09. The topological polar surface area (TPSA) is 37.0 Å². The van der Waals surface area contributed by atoms with Crippen molar-refractivity contribution in [2.24, 2.45) is 0 Å². The molecule has 84 valence electrons. The fourth-order valence-corrected chi connectivity index (χ4v) is 1.21. The number of nitrogens with one attached hydrogen (secondary N) is 2. The van der Waals surface area contributed by atoms with E-state index in [1.165, 1.54) is 5.56 Å². The van der Waals surface area contributed by atoms with Crippen molar-refractivity contribution >= 4 is 5.82 Å². The lowest BCUT2D eigenvalue weighted by Gasteiger charge is -2.08. The second kappa shape index (κ2) is 6.40. The van der Waals surface area contributed by atoms with Crippen LogP contribution in [0.2, 0.25) is 0 Å². The lowest BCUT2D eigenvalue weighted by Crippen LogP contribution is -2.21. The van der Waals surface area contributed by atoms with E-state index in [0.29, 0.717) is 6.04 Å². The molecule has 0 aliphatic rings. The summed E-state index contributed by atoms with van der Waals surface area (Å²) in [6.45, 7) is 8.30. The maximum Gasteiger partial charge on any atom is 0.125 e. The van der Waals surface area contributed by atoms with E-state index in [1.807, 2.05) is 12.3 Å². The molecule has 1 rings (SSSR count). The molecule has 0 aromatic carbocycles. The SMILES string of the molecule is CCCNc1ccc(CNC(C)C)cn1. The lowest BCUT2D eigenvalue weighted by atomic mass is 10.2. The van der Waals surface area contributed by atoms with Crippen LogP contribution in [-0.2, 0) is 6.54 Å². The Balaban J connectivity index is 2.41. The van der Waals surface area contributed by atoms with Crippen LogP contribution in [0.15, 0.2) is 18.3 Å². The normalized spacial score (nSPS) is 10.7. The minimum absolute atomic E-state index is 0.517. The van der Waals surface area contributed by atoms with Crippen LogP contribution < -0.4 is 10.6 Å². The minimum atomic E-state index is 0.517. The quantitative estimate of drug-likeness (QED) is 0.752. The third-order valence-corrected chi connectivity index (χ3v) is 2.10. The Kier molecular flexibility index (Phi) is 5.12. The Bertz CT molecular complexity index is 267. The van der Waals surface area contributed by atoms with Crippen molar-refractivity contribution in [3.05, 3.63) is 23.9 Å². The van der Waals surface area contributed by atoms with Gasteiger partial charge >= 0.3 is 0 Å². The zero-order valence-corrected chi connectivity index (χ0v) is 9.88. The van der Waals surface area contributed by atoms with Crippen LogP contribution in [0.5, 0.6) is 0 Å². The van der Waals surface area contributed by atoms with E-state index in [0.717, 1.165) is 25.3 Å². The molecule has 0 unspecified atom stereocenters. The van der Waals surface area contributed by atoms with Crippen molar-refractivity contribution < 1.29 is 0 Å². The van der Waals surface area contributed by atoms with Gasteiger partial charge in [-0.3, -0.25) is 0 Å². The third kappa shape index (κ3) is 4.79. The van der Waals surface area contributed by atoms with E-state index in [-0.39, 0.29) is 0 Å². The molecule has 15 heavy (non-hydrogen) atoms. The highest BCUT2D eigenvalue weighted by atomic mass is 15.0. The van der Waals surface area contributed by atoms with Crippen LogP contribution in [-0.4, -0.2) is 17.6 Å². The predicted octanol–water partition coefficient (Wildman–Crippen LogP) is 2.40. The molecule has 0 aliphatic carbocycles. The number of pyridine rings is 1. The van der Waals surface area contributed by atoms with Crippen LogP contribution in [0.1, 0.15) is 32.8 Å². The highest BCUT2D eigenvalue weighted by Crippen LogP contribution is 2.04. The van der Waals surface area contributed by atoms with E-state index >= 15 is 0 Å². The van der Waals surface area contributed by atoms with Crippen LogP contribution in [0.3, 0.4) is 0 Å². The molecule has 0 saturated carbocycles. The van der Waals surface area contributed by atoms with Crippen molar-refractivity contribution in [3.63, 3.8) is 0 Å². The summed E-state index contributed by atoms with van der Waals surface area (Å²) in [4.78, 5) is 4.34. The summed E-state index contributed by atoms with van der Waals surface area (Å²) in [5, 5.41) is 6.62. The molecule has 2 N–H and O–H groups in total. The molecule has 1 heterocycles. The first-order chi connectivity index (χ1) is 7.22. The molecule has 1 aromatic rings. The van der Waals surface area contributed by atoms with Gasteiger partial charge in [0.1, 0.15) is 5.82 Å². The summed E-state index contributed by atoms with van der Waals surface area (Å²) in [5.74, 6) is 0.963.